The fourth-order valence-corrected chi connectivity index (χ4v) is 2.76. The number of esters is 1. The Kier molecular flexibility index (Phi) is 6.54. The Hall–Kier alpha value is -2.47. The first-order valence-corrected chi connectivity index (χ1v) is 8.63. The number of alkyl halides is 3. The van der Waals surface area contributed by atoms with Gasteiger partial charge in [-0.1, -0.05) is 23.7 Å². The molecule has 0 amide bonds. The second-order valence-electron chi connectivity index (χ2n) is 5.72. The van der Waals surface area contributed by atoms with E-state index in [9.17, 15) is 18.0 Å². The molecule has 0 heterocycles. The maximum atomic E-state index is 13.0. The number of rotatable bonds is 5. The number of carbonyl (C=O) groups is 1. The molecule has 0 saturated carbocycles. The molecule has 2 rings (SSSR count). The van der Waals surface area contributed by atoms with Crippen LogP contribution in [-0.4, -0.2) is 12.6 Å². The standard InChI is InChI=1S/C20H19ClF3NO2/c1-4-18(21)25(16-8-6-7-14(12-16)19(26)27-5-2)17-10-9-15(11-13(17)3)20(22,23)24/h4,6-12H,5H2,1-3H3/b18-4+. The summed E-state index contributed by atoms with van der Waals surface area (Å²) in [6, 6.07) is 9.99. The average molecular weight is 398 g/mol. The highest BCUT2D eigenvalue weighted by molar-refractivity contribution is 6.32. The van der Waals surface area contributed by atoms with E-state index in [4.69, 9.17) is 16.3 Å². The Morgan fingerprint density at radius 3 is 2.48 bits per heavy atom. The van der Waals surface area contributed by atoms with Crippen molar-refractivity contribution in [1.29, 1.82) is 0 Å². The van der Waals surface area contributed by atoms with Crippen LogP contribution < -0.4 is 4.90 Å². The quantitative estimate of drug-likeness (QED) is 0.430. The van der Waals surface area contributed by atoms with Crippen LogP contribution in [0.15, 0.2) is 53.7 Å². The molecule has 0 radical (unpaired) electrons. The molecule has 2 aromatic rings. The maximum absolute atomic E-state index is 13.0. The summed E-state index contributed by atoms with van der Waals surface area (Å²) in [6.07, 6.45) is -2.81. The predicted molar refractivity (Wildman–Crippen MR) is 100 cm³/mol. The molecule has 144 valence electrons. The highest BCUT2D eigenvalue weighted by atomic mass is 35.5. The maximum Gasteiger partial charge on any atom is 0.416 e. The van der Waals surface area contributed by atoms with Gasteiger partial charge >= 0.3 is 12.1 Å². The van der Waals surface area contributed by atoms with Crippen LogP contribution in [0, 0.1) is 6.92 Å². The van der Waals surface area contributed by atoms with E-state index < -0.39 is 17.7 Å². The van der Waals surface area contributed by atoms with Crippen molar-refractivity contribution >= 4 is 28.9 Å². The van der Waals surface area contributed by atoms with Gasteiger partial charge in [0.15, 0.2) is 0 Å². The third-order valence-electron chi connectivity index (χ3n) is 3.83. The van der Waals surface area contributed by atoms with Crippen molar-refractivity contribution in [2.45, 2.75) is 26.9 Å². The first kappa shape index (κ1) is 20.8. The van der Waals surface area contributed by atoms with E-state index in [1.54, 1.807) is 56.0 Å². The van der Waals surface area contributed by atoms with Gasteiger partial charge in [-0.2, -0.15) is 13.2 Å². The van der Waals surface area contributed by atoms with E-state index >= 15 is 0 Å². The van der Waals surface area contributed by atoms with Gasteiger partial charge in [-0.3, -0.25) is 0 Å². The first-order valence-electron chi connectivity index (χ1n) is 8.26. The second-order valence-corrected chi connectivity index (χ2v) is 6.10. The molecule has 0 bridgehead atoms. The minimum Gasteiger partial charge on any atom is -0.462 e. The van der Waals surface area contributed by atoms with Gasteiger partial charge in [-0.15, -0.1) is 0 Å². The number of hydrogen-bond acceptors (Lipinski definition) is 3. The molecule has 0 aliphatic rings. The van der Waals surface area contributed by atoms with Crippen LogP contribution in [0.5, 0.6) is 0 Å². The van der Waals surface area contributed by atoms with Crippen LogP contribution in [0.3, 0.4) is 0 Å². The van der Waals surface area contributed by atoms with E-state index in [2.05, 4.69) is 0 Å². The number of ether oxygens (including phenoxy) is 1. The number of anilines is 2. The number of carbonyl (C=O) groups excluding carboxylic acids is 1. The minimum absolute atomic E-state index is 0.237. The smallest absolute Gasteiger partial charge is 0.416 e. The molecule has 2 aromatic carbocycles. The van der Waals surface area contributed by atoms with Crippen molar-refractivity contribution in [3.63, 3.8) is 0 Å². The molecule has 0 aliphatic carbocycles. The number of aryl methyl sites for hydroxylation is 1. The number of halogens is 4. The number of hydrogen-bond donors (Lipinski definition) is 0. The number of allylic oxidation sites excluding steroid dienone is 1. The van der Waals surface area contributed by atoms with Crippen molar-refractivity contribution in [1.82, 2.24) is 0 Å². The van der Waals surface area contributed by atoms with Crippen molar-refractivity contribution in [3.8, 4) is 0 Å². The van der Waals surface area contributed by atoms with Gasteiger partial charge in [0.05, 0.1) is 17.7 Å². The van der Waals surface area contributed by atoms with E-state index in [1.807, 2.05) is 0 Å². The van der Waals surface area contributed by atoms with Crippen molar-refractivity contribution in [2.24, 2.45) is 0 Å². The summed E-state index contributed by atoms with van der Waals surface area (Å²) in [6.45, 7) is 5.23. The molecule has 0 fully saturated rings. The largest absolute Gasteiger partial charge is 0.462 e. The molecule has 0 N–H and O–H groups in total. The molecular weight excluding hydrogens is 379 g/mol. The van der Waals surface area contributed by atoms with Gasteiger partial charge in [-0.05, 0) is 62.7 Å². The Bertz CT molecular complexity index is 863. The Morgan fingerprint density at radius 2 is 1.93 bits per heavy atom. The molecule has 3 nitrogen and oxygen atoms in total. The zero-order chi connectivity index (χ0) is 20.2. The zero-order valence-electron chi connectivity index (χ0n) is 15.1. The van der Waals surface area contributed by atoms with Crippen LogP contribution in [0.4, 0.5) is 24.5 Å². The molecule has 0 atom stereocenters. The third-order valence-corrected chi connectivity index (χ3v) is 4.22. The molecule has 0 spiro atoms. The Morgan fingerprint density at radius 1 is 1.22 bits per heavy atom. The molecular formula is C20H19ClF3NO2. The van der Waals surface area contributed by atoms with Gasteiger partial charge in [0.1, 0.15) is 5.16 Å². The van der Waals surface area contributed by atoms with Gasteiger partial charge in [0, 0.05) is 11.4 Å². The molecule has 0 aromatic heterocycles. The van der Waals surface area contributed by atoms with E-state index in [-0.39, 0.29) is 6.61 Å². The summed E-state index contributed by atoms with van der Waals surface area (Å²) in [5.74, 6) is -0.486. The summed E-state index contributed by atoms with van der Waals surface area (Å²) < 4.78 is 43.9. The first-order chi connectivity index (χ1) is 12.7. The lowest BCUT2D eigenvalue weighted by atomic mass is 10.1. The topological polar surface area (TPSA) is 29.5 Å². The van der Waals surface area contributed by atoms with Crippen molar-refractivity contribution in [3.05, 3.63) is 70.4 Å². The van der Waals surface area contributed by atoms with E-state index in [0.29, 0.717) is 27.7 Å². The monoisotopic (exact) mass is 397 g/mol. The third kappa shape index (κ3) is 4.83. The van der Waals surface area contributed by atoms with Crippen molar-refractivity contribution in [2.75, 3.05) is 11.5 Å². The normalized spacial score (nSPS) is 12.0. The van der Waals surface area contributed by atoms with E-state index in [1.165, 1.54) is 6.07 Å². The lowest BCUT2D eigenvalue weighted by Crippen LogP contribution is -2.16. The fraction of sp³-hybridized carbons (Fsp3) is 0.250. The van der Waals surface area contributed by atoms with Gasteiger partial charge < -0.3 is 9.64 Å². The van der Waals surface area contributed by atoms with Crippen LogP contribution in [0.2, 0.25) is 0 Å². The number of nitrogens with zero attached hydrogens (tertiary/aromatic N) is 1. The molecule has 7 heteroatoms. The van der Waals surface area contributed by atoms with E-state index in [0.717, 1.165) is 12.1 Å². The van der Waals surface area contributed by atoms with Crippen LogP contribution in [0.1, 0.15) is 35.3 Å². The zero-order valence-corrected chi connectivity index (χ0v) is 15.9. The second kappa shape index (κ2) is 8.48. The molecule has 27 heavy (non-hydrogen) atoms. The van der Waals surface area contributed by atoms with Crippen molar-refractivity contribution < 1.29 is 22.7 Å². The van der Waals surface area contributed by atoms with Crippen LogP contribution in [-0.2, 0) is 10.9 Å². The SMILES string of the molecule is C/C=C(\Cl)N(c1cccc(C(=O)OCC)c1)c1ccc(C(F)(F)F)cc1C. The number of benzene rings is 2. The van der Waals surface area contributed by atoms with Gasteiger partial charge in [0.2, 0.25) is 0 Å². The summed E-state index contributed by atoms with van der Waals surface area (Å²) in [5.41, 5.74) is 0.995. The molecule has 0 aliphatic heterocycles. The van der Waals surface area contributed by atoms with Gasteiger partial charge in [0.25, 0.3) is 0 Å². The minimum atomic E-state index is -4.43. The van der Waals surface area contributed by atoms with Crippen LogP contribution in [0.25, 0.3) is 0 Å². The molecule has 0 saturated heterocycles. The predicted octanol–water partition coefficient (Wildman–Crippen LogP) is 6.43. The summed E-state index contributed by atoms with van der Waals surface area (Å²) >= 11 is 6.34. The summed E-state index contributed by atoms with van der Waals surface area (Å²) in [4.78, 5) is 13.6. The summed E-state index contributed by atoms with van der Waals surface area (Å²) in [5, 5.41) is 0.291. The van der Waals surface area contributed by atoms with Crippen LogP contribution >= 0.6 is 11.6 Å². The highest BCUT2D eigenvalue weighted by Gasteiger charge is 2.31. The average Bonchev–Trinajstić information content (AvgIpc) is 2.62. The highest BCUT2D eigenvalue weighted by Crippen LogP contribution is 2.37. The lowest BCUT2D eigenvalue weighted by Gasteiger charge is -2.26. The Labute approximate surface area is 161 Å². The van der Waals surface area contributed by atoms with Gasteiger partial charge in [-0.25, -0.2) is 4.79 Å². The summed E-state index contributed by atoms with van der Waals surface area (Å²) in [7, 11) is 0. The Balaban J connectivity index is 2.55. The fourth-order valence-electron chi connectivity index (χ4n) is 2.58. The molecule has 0 unspecified atom stereocenters. The lowest BCUT2D eigenvalue weighted by molar-refractivity contribution is -0.137.